The zero-order valence-electron chi connectivity index (χ0n) is 11.0. The number of nitrogens with zero attached hydrogens (tertiary/aromatic N) is 1. The smallest absolute Gasteiger partial charge is 0.0453 e. The lowest BCUT2D eigenvalue weighted by Gasteiger charge is -2.25. The average molecular weight is 255 g/mol. The Labute approximate surface area is 110 Å². The standard InChI is InChI=1S/C14H23ClN2/c1-12(13-8-4-5-9-14(13)15)17(3)11-7-6-10-16-2/h4-5,8-9,12,16H,6-7,10-11H2,1-3H3. The van der Waals surface area contributed by atoms with Crippen LogP contribution in [0.2, 0.25) is 5.02 Å². The molecule has 0 radical (unpaired) electrons. The van der Waals surface area contributed by atoms with Crippen LogP contribution in [0.4, 0.5) is 0 Å². The molecule has 0 aliphatic rings. The molecule has 0 aliphatic carbocycles. The van der Waals surface area contributed by atoms with Crippen LogP contribution < -0.4 is 5.32 Å². The molecule has 1 N–H and O–H groups in total. The maximum Gasteiger partial charge on any atom is 0.0453 e. The molecule has 1 rings (SSSR count). The van der Waals surface area contributed by atoms with Gasteiger partial charge >= 0.3 is 0 Å². The second kappa shape index (κ2) is 7.70. The van der Waals surface area contributed by atoms with E-state index in [1.165, 1.54) is 18.4 Å². The van der Waals surface area contributed by atoms with Crippen LogP contribution in [0.5, 0.6) is 0 Å². The van der Waals surface area contributed by atoms with Gasteiger partial charge in [-0.25, -0.2) is 0 Å². The van der Waals surface area contributed by atoms with Crippen molar-refractivity contribution in [3.8, 4) is 0 Å². The highest BCUT2D eigenvalue weighted by molar-refractivity contribution is 6.31. The average Bonchev–Trinajstić information content (AvgIpc) is 2.34. The van der Waals surface area contributed by atoms with Crippen molar-refractivity contribution < 1.29 is 0 Å². The molecular formula is C14H23ClN2. The number of unbranched alkanes of at least 4 members (excludes halogenated alkanes) is 1. The topological polar surface area (TPSA) is 15.3 Å². The first-order chi connectivity index (χ1) is 8.16. The molecule has 0 saturated heterocycles. The number of hydrogen-bond donors (Lipinski definition) is 1. The molecule has 1 atom stereocenters. The Morgan fingerprint density at radius 2 is 2.00 bits per heavy atom. The zero-order chi connectivity index (χ0) is 12.7. The van der Waals surface area contributed by atoms with Gasteiger partial charge in [-0.3, -0.25) is 4.90 Å². The Morgan fingerprint density at radius 1 is 1.29 bits per heavy atom. The van der Waals surface area contributed by atoms with Crippen molar-refractivity contribution in [3.63, 3.8) is 0 Å². The van der Waals surface area contributed by atoms with E-state index in [2.05, 4.69) is 30.3 Å². The first-order valence-corrected chi connectivity index (χ1v) is 6.64. The molecule has 0 spiro atoms. The van der Waals surface area contributed by atoms with Gasteiger partial charge in [0.2, 0.25) is 0 Å². The molecule has 0 amide bonds. The van der Waals surface area contributed by atoms with Crippen molar-refractivity contribution in [1.29, 1.82) is 0 Å². The Balaban J connectivity index is 2.46. The molecule has 96 valence electrons. The summed E-state index contributed by atoms with van der Waals surface area (Å²) in [5.41, 5.74) is 1.21. The van der Waals surface area contributed by atoms with Crippen LogP contribution in [0, 0.1) is 0 Å². The number of benzene rings is 1. The Hall–Kier alpha value is -0.570. The largest absolute Gasteiger partial charge is 0.320 e. The number of halogens is 1. The molecule has 1 aromatic carbocycles. The summed E-state index contributed by atoms with van der Waals surface area (Å²) in [7, 11) is 4.16. The molecule has 1 aromatic rings. The third kappa shape index (κ3) is 4.66. The molecule has 0 fully saturated rings. The minimum Gasteiger partial charge on any atom is -0.320 e. The number of hydrogen-bond acceptors (Lipinski definition) is 2. The van der Waals surface area contributed by atoms with Crippen LogP contribution >= 0.6 is 11.6 Å². The van der Waals surface area contributed by atoms with E-state index in [1.54, 1.807) is 0 Å². The normalized spacial score (nSPS) is 13.0. The summed E-state index contributed by atoms with van der Waals surface area (Å²) in [5, 5.41) is 4.03. The highest BCUT2D eigenvalue weighted by atomic mass is 35.5. The van der Waals surface area contributed by atoms with Crippen LogP contribution in [0.1, 0.15) is 31.4 Å². The lowest BCUT2D eigenvalue weighted by atomic mass is 10.1. The summed E-state index contributed by atoms with van der Waals surface area (Å²) in [4.78, 5) is 2.36. The Kier molecular flexibility index (Phi) is 6.56. The summed E-state index contributed by atoms with van der Waals surface area (Å²) in [6.45, 7) is 4.40. The summed E-state index contributed by atoms with van der Waals surface area (Å²) in [6, 6.07) is 8.47. The number of nitrogens with one attached hydrogen (secondary N) is 1. The Morgan fingerprint density at radius 3 is 2.65 bits per heavy atom. The third-order valence-electron chi connectivity index (χ3n) is 3.20. The van der Waals surface area contributed by atoms with Crippen LogP contribution in [0.25, 0.3) is 0 Å². The van der Waals surface area contributed by atoms with Crippen LogP contribution in [0.15, 0.2) is 24.3 Å². The van der Waals surface area contributed by atoms with Gasteiger partial charge in [-0.15, -0.1) is 0 Å². The highest BCUT2D eigenvalue weighted by Gasteiger charge is 2.13. The molecule has 0 aliphatic heterocycles. The van der Waals surface area contributed by atoms with Gasteiger partial charge < -0.3 is 5.32 Å². The van der Waals surface area contributed by atoms with Gasteiger partial charge in [0.25, 0.3) is 0 Å². The fourth-order valence-corrected chi connectivity index (χ4v) is 2.20. The summed E-state index contributed by atoms with van der Waals surface area (Å²) in [6.07, 6.45) is 2.43. The molecule has 3 heteroatoms. The fraction of sp³-hybridized carbons (Fsp3) is 0.571. The lowest BCUT2D eigenvalue weighted by molar-refractivity contribution is 0.256. The van der Waals surface area contributed by atoms with Gasteiger partial charge in [0.15, 0.2) is 0 Å². The molecule has 0 bridgehead atoms. The van der Waals surface area contributed by atoms with E-state index in [1.807, 2.05) is 25.2 Å². The lowest BCUT2D eigenvalue weighted by Crippen LogP contribution is -2.24. The number of rotatable bonds is 7. The van der Waals surface area contributed by atoms with Gasteiger partial charge in [0, 0.05) is 11.1 Å². The van der Waals surface area contributed by atoms with Crippen molar-refractivity contribution >= 4 is 11.6 Å². The molecule has 1 unspecified atom stereocenters. The maximum atomic E-state index is 6.21. The van der Waals surface area contributed by atoms with Gasteiger partial charge in [-0.1, -0.05) is 29.8 Å². The van der Waals surface area contributed by atoms with Crippen molar-refractivity contribution in [3.05, 3.63) is 34.9 Å². The van der Waals surface area contributed by atoms with E-state index in [9.17, 15) is 0 Å². The van der Waals surface area contributed by atoms with E-state index >= 15 is 0 Å². The molecule has 0 aromatic heterocycles. The fourth-order valence-electron chi connectivity index (χ4n) is 1.91. The Bertz CT molecular complexity index is 328. The van der Waals surface area contributed by atoms with Crippen LogP contribution in [-0.2, 0) is 0 Å². The third-order valence-corrected chi connectivity index (χ3v) is 3.55. The summed E-state index contributed by atoms with van der Waals surface area (Å²) >= 11 is 6.21. The van der Waals surface area contributed by atoms with E-state index < -0.39 is 0 Å². The summed E-state index contributed by atoms with van der Waals surface area (Å²) in [5.74, 6) is 0. The first-order valence-electron chi connectivity index (χ1n) is 6.26. The van der Waals surface area contributed by atoms with E-state index in [0.29, 0.717) is 6.04 Å². The van der Waals surface area contributed by atoms with Gasteiger partial charge in [-0.05, 0) is 58.6 Å². The van der Waals surface area contributed by atoms with Gasteiger partial charge in [-0.2, -0.15) is 0 Å². The SMILES string of the molecule is CNCCCCN(C)C(C)c1ccccc1Cl. The zero-order valence-corrected chi connectivity index (χ0v) is 11.8. The van der Waals surface area contributed by atoms with E-state index in [0.717, 1.165) is 18.1 Å². The quantitative estimate of drug-likeness (QED) is 0.751. The van der Waals surface area contributed by atoms with Crippen LogP contribution in [-0.4, -0.2) is 32.1 Å². The molecule has 0 saturated carbocycles. The first kappa shape index (κ1) is 14.5. The van der Waals surface area contributed by atoms with Crippen molar-refractivity contribution in [2.75, 3.05) is 27.2 Å². The van der Waals surface area contributed by atoms with Gasteiger partial charge in [0.05, 0.1) is 0 Å². The second-order valence-corrected chi connectivity index (χ2v) is 4.90. The van der Waals surface area contributed by atoms with Crippen molar-refractivity contribution in [2.45, 2.75) is 25.8 Å². The molecule has 17 heavy (non-hydrogen) atoms. The minimum absolute atomic E-state index is 0.373. The minimum atomic E-state index is 0.373. The van der Waals surface area contributed by atoms with E-state index in [-0.39, 0.29) is 0 Å². The molecule has 2 nitrogen and oxygen atoms in total. The monoisotopic (exact) mass is 254 g/mol. The van der Waals surface area contributed by atoms with Crippen molar-refractivity contribution in [1.82, 2.24) is 10.2 Å². The van der Waals surface area contributed by atoms with E-state index in [4.69, 9.17) is 11.6 Å². The highest BCUT2D eigenvalue weighted by Crippen LogP contribution is 2.26. The van der Waals surface area contributed by atoms with Crippen LogP contribution in [0.3, 0.4) is 0 Å². The maximum absolute atomic E-state index is 6.21. The molecular weight excluding hydrogens is 232 g/mol. The predicted molar refractivity (Wildman–Crippen MR) is 75.7 cm³/mol. The second-order valence-electron chi connectivity index (χ2n) is 4.49. The predicted octanol–water partition coefficient (Wildman–Crippen LogP) is 3.33. The summed E-state index contributed by atoms with van der Waals surface area (Å²) < 4.78 is 0. The van der Waals surface area contributed by atoms with Gasteiger partial charge in [0.1, 0.15) is 0 Å². The van der Waals surface area contributed by atoms with Crippen molar-refractivity contribution in [2.24, 2.45) is 0 Å². The molecule has 0 heterocycles.